The SMILES string of the molecule is CCOC(=O)N1CCC(NC(=NCC(C)(C)SC)NCCc2ccco2)CC1. The summed E-state index contributed by atoms with van der Waals surface area (Å²) in [4.78, 5) is 18.4. The molecule has 1 fully saturated rings. The van der Waals surface area contributed by atoms with E-state index in [2.05, 4.69) is 30.7 Å². The van der Waals surface area contributed by atoms with Gasteiger partial charge >= 0.3 is 6.09 Å². The molecule has 1 aliphatic rings. The Morgan fingerprint density at radius 1 is 1.43 bits per heavy atom. The van der Waals surface area contributed by atoms with Crippen LogP contribution >= 0.6 is 11.8 Å². The van der Waals surface area contributed by atoms with E-state index in [1.807, 2.05) is 30.8 Å². The Bertz CT molecular complexity index is 611. The predicted octanol–water partition coefficient (Wildman–Crippen LogP) is 3.12. The van der Waals surface area contributed by atoms with E-state index in [0.29, 0.717) is 19.7 Å². The number of rotatable bonds is 8. The lowest BCUT2D eigenvalue weighted by Gasteiger charge is -2.32. The Kier molecular flexibility index (Phi) is 9.02. The first-order chi connectivity index (χ1) is 13.4. The Morgan fingerprint density at radius 3 is 2.79 bits per heavy atom. The molecule has 1 amide bonds. The first-order valence-electron chi connectivity index (χ1n) is 9.97. The summed E-state index contributed by atoms with van der Waals surface area (Å²) in [7, 11) is 0. The van der Waals surface area contributed by atoms with Crippen molar-refractivity contribution >= 4 is 23.8 Å². The van der Waals surface area contributed by atoms with Crippen molar-refractivity contribution in [3.8, 4) is 0 Å². The third-order valence-electron chi connectivity index (χ3n) is 4.78. The summed E-state index contributed by atoms with van der Waals surface area (Å²) in [6, 6.07) is 4.17. The summed E-state index contributed by atoms with van der Waals surface area (Å²) >= 11 is 1.81. The number of carbonyl (C=O) groups excluding carboxylic acids is 1. The number of nitrogens with zero attached hydrogens (tertiary/aromatic N) is 2. The normalized spacial score (nSPS) is 16.1. The van der Waals surface area contributed by atoms with Gasteiger partial charge < -0.3 is 24.7 Å². The Labute approximate surface area is 172 Å². The predicted molar refractivity (Wildman–Crippen MR) is 115 cm³/mol. The maximum atomic E-state index is 11.9. The number of hydrogen-bond donors (Lipinski definition) is 2. The van der Waals surface area contributed by atoms with Crippen LogP contribution in [0, 0.1) is 0 Å². The molecule has 0 atom stereocenters. The topological polar surface area (TPSA) is 79.1 Å². The van der Waals surface area contributed by atoms with Crippen LogP contribution < -0.4 is 10.6 Å². The molecule has 2 N–H and O–H groups in total. The van der Waals surface area contributed by atoms with Crippen LogP contribution in [-0.2, 0) is 11.2 Å². The molecule has 2 heterocycles. The minimum Gasteiger partial charge on any atom is -0.469 e. The number of guanidine groups is 1. The summed E-state index contributed by atoms with van der Waals surface area (Å²) in [6.07, 6.45) is 6.15. The van der Waals surface area contributed by atoms with E-state index in [1.54, 1.807) is 11.2 Å². The summed E-state index contributed by atoms with van der Waals surface area (Å²) in [6.45, 7) is 9.52. The summed E-state index contributed by atoms with van der Waals surface area (Å²) in [5.41, 5.74) is 0. The van der Waals surface area contributed by atoms with Crippen molar-refractivity contribution in [1.82, 2.24) is 15.5 Å². The molecular formula is C20H34N4O3S. The third kappa shape index (κ3) is 7.66. The zero-order valence-corrected chi connectivity index (χ0v) is 18.3. The van der Waals surface area contributed by atoms with Crippen molar-refractivity contribution in [2.45, 2.75) is 50.8 Å². The molecule has 0 aliphatic carbocycles. The molecule has 0 aromatic carbocycles. The van der Waals surface area contributed by atoms with Gasteiger partial charge in [0.2, 0.25) is 0 Å². The molecule has 1 aliphatic heterocycles. The molecule has 0 saturated carbocycles. The van der Waals surface area contributed by atoms with E-state index in [0.717, 1.165) is 44.1 Å². The van der Waals surface area contributed by atoms with Gasteiger partial charge in [-0.2, -0.15) is 11.8 Å². The Hall–Kier alpha value is -1.83. The first kappa shape index (κ1) is 22.5. The van der Waals surface area contributed by atoms with Crippen molar-refractivity contribution in [2.24, 2.45) is 4.99 Å². The van der Waals surface area contributed by atoms with Gasteiger partial charge in [-0.25, -0.2) is 4.79 Å². The molecule has 0 bridgehead atoms. The molecule has 2 rings (SSSR count). The minimum absolute atomic E-state index is 0.0862. The summed E-state index contributed by atoms with van der Waals surface area (Å²) in [5, 5.41) is 6.97. The highest BCUT2D eigenvalue weighted by molar-refractivity contribution is 7.99. The standard InChI is InChI=1S/C20H34N4O3S/c1-5-26-19(25)24-12-9-16(10-13-24)23-18(22-15-20(2,3)28-4)21-11-8-17-7-6-14-27-17/h6-7,14,16H,5,8-13,15H2,1-4H3,(H2,21,22,23). The quantitative estimate of drug-likeness (QED) is 0.506. The Balaban J connectivity index is 1.87. The fourth-order valence-corrected chi connectivity index (χ4v) is 3.05. The highest BCUT2D eigenvalue weighted by atomic mass is 32.2. The van der Waals surface area contributed by atoms with Crippen molar-refractivity contribution in [2.75, 3.05) is 39.0 Å². The smallest absolute Gasteiger partial charge is 0.409 e. The van der Waals surface area contributed by atoms with Gasteiger partial charge in [0.05, 0.1) is 19.4 Å². The van der Waals surface area contributed by atoms with Crippen LogP contribution in [0.1, 0.15) is 39.4 Å². The average Bonchev–Trinajstić information content (AvgIpc) is 3.20. The number of aliphatic imine (C=N–C) groups is 1. The van der Waals surface area contributed by atoms with Crippen LogP contribution in [0.15, 0.2) is 27.8 Å². The van der Waals surface area contributed by atoms with Gasteiger partial charge in [-0.05, 0) is 52.0 Å². The van der Waals surface area contributed by atoms with Crippen LogP contribution in [-0.4, -0.2) is 66.8 Å². The van der Waals surface area contributed by atoms with E-state index < -0.39 is 0 Å². The molecular weight excluding hydrogens is 376 g/mol. The molecule has 1 saturated heterocycles. The molecule has 158 valence electrons. The fourth-order valence-electron chi connectivity index (χ4n) is 2.86. The van der Waals surface area contributed by atoms with E-state index in [-0.39, 0.29) is 16.9 Å². The monoisotopic (exact) mass is 410 g/mol. The number of carbonyl (C=O) groups is 1. The number of amides is 1. The van der Waals surface area contributed by atoms with Gasteiger partial charge in [0, 0.05) is 36.8 Å². The van der Waals surface area contributed by atoms with Crippen LogP contribution in [0.2, 0.25) is 0 Å². The largest absolute Gasteiger partial charge is 0.469 e. The average molecular weight is 411 g/mol. The highest BCUT2D eigenvalue weighted by Gasteiger charge is 2.24. The van der Waals surface area contributed by atoms with Gasteiger partial charge in [-0.1, -0.05) is 0 Å². The maximum absolute atomic E-state index is 11.9. The molecule has 7 nitrogen and oxygen atoms in total. The van der Waals surface area contributed by atoms with Crippen LogP contribution in [0.25, 0.3) is 0 Å². The van der Waals surface area contributed by atoms with Gasteiger partial charge in [-0.3, -0.25) is 4.99 Å². The second-order valence-electron chi connectivity index (χ2n) is 7.49. The number of likely N-dealkylation sites (tertiary alicyclic amines) is 1. The molecule has 8 heteroatoms. The van der Waals surface area contributed by atoms with E-state index in [9.17, 15) is 4.79 Å². The fraction of sp³-hybridized carbons (Fsp3) is 0.700. The molecule has 0 unspecified atom stereocenters. The van der Waals surface area contributed by atoms with E-state index in [1.165, 1.54) is 0 Å². The van der Waals surface area contributed by atoms with Gasteiger partial charge in [0.15, 0.2) is 5.96 Å². The van der Waals surface area contributed by atoms with E-state index >= 15 is 0 Å². The van der Waals surface area contributed by atoms with Crippen molar-refractivity contribution < 1.29 is 13.9 Å². The van der Waals surface area contributed by atoms with E-state index in [4.69, 9.17) is 14.1 Å². The minimum atomic E-state index is -0.215. The first-order valence-corrected chi connectivity index (χ1v) is 11.2. The van der Waals surface area contributed by atoms with Crippen LogP contribution in [0.3, 0.4) is 0 Å². The second kappa shape index (κ2) is 11.2. The number of furan rings is 1. The Morgan fingerprint density at radius 2 is 2.18 bits per heavy atom. The van der Waals surface area contributed by atoms with Gasteiger partial charge in [0.25, 0.3) is 0 Å². The highest BCUT2D eigenvalue weighted by Crippen LogP contribution is 2.21. The number of ether oxygens (including phenoxy) is 1. The third-order valence-corrected chi connectivity index (χ3v) is 6.01. The molecule has 28 heavy (non-hydrogen) atoms. The van der Waals surface area contributed by atoms with Crippen LogP contribution in [0.4, 0.5) is 4.79 Å². The molecule has 0 spiro atoms. The lowest BCUT2D eigenvalue weighted by atomic mass is 10.1. The van der Waals surface area contributed by atoms with Gasteiger partial charge in [0.1, 0.15) is 5.76 Å². The number of piperidine rings is 1. The molecule has 1 aromatic heterocycles. The van der Waals surface area contributed by atoms with Crippen molar-refractivity contribution in [1.29, 1.82) is 0 Å². The summed E-state index contributed by atoms with van der Waals surface area (Å²) < 4.78 is 10.6. The molecule has 0 radical (unpaired) electrons. The molecule has 1 aromatic rings. The lowest BCUT2D eigenvalue weighted by Crippen LogP contribution is -2.50. The maximum Gasteiger partial charge on any atom is 0.409 e. The number of hydrogen-bond acceptors (Lipinski definition) is 5. The summed E-state index contributed by atoms with van der Waals surface area (Å²) in [5.74, 6) is 1.78. The van der Waals surface area contributed by atoms with Crippen molar-refractivity contribution in [3.05, 3.63) is 24.2 Å². The number of nitrogens with one attached hydrogen (secondary N) is 2. The second-order valence-corrected chi connectivity index (χ2v) is 9.00. The van der Waals surface area contributed by atoms with Crippen molar-refractivity contribution in [3.63, 3.8) is 0 Å². The van der Waals surface area contributed by atoms with Gasteiger partial charge in [-0.15, -0.1) is 0 Å². The zero-order chi connectivity index (χ0) is 20.4. The number of thioether (sulfide) groups is 1. The zero-order valence-electron chi connectivity index (χ0n) is 17.5. The van der Waals surface area contributed by atoms with Crippen LogP contribution in [0.5, 0.6) is 0 Å². The lowest BCUT2D eigenvalue weighted by molar-refractivity contribution is 0.0963.